The SMILES string of the molecule is COc1cc([N+]2(C3CCNCC3)CCCC(F)(F)C2)ccc1N. The molecule has 1 aromatic rings. The lowest BCUT2D eigenvalue weighted by Gasteiger charge is -2.50. The third kappa shape index (κ3) is 3.15. The molecule has 2 aliphatic rings. The average molecular weight is 326 g/mol. The van der Waals surface area contributed by atoms with Gasteiger partial charge in [-0.2, -0.15) is 0 Å². The Kier molecular flexibility index (Phi) is 4.47. The van der Waals surface area contributed by atoms with Gasteiger partial charge in [0, 0.05) is 50.9 Å². The summed E-state index contributed by atoms with van der Waals surface area (Å²) >= 11 is 0. The number of nitrogens with one attached hydrogen (secondary N) is 1. The topological polar surface area (TPSA) is 47.3 Å². The summed E-state index contributed by atoms with van der Waals surface area (Å²) in [6.45, 7) is 2.42. The zero-order valence-electron chi connectivity index (χ0n) is 13.7. The number of hydrogen-bond donors (Lipinski definition) is 2. The van der Waals surface area contributed by atoms with E-state index >= 15 is 0 Å². The van der Waals surface area contributed by atoms with Gasteiger partial charge in [0.25, 0.3) is 5.92 Å². The Morgan fingerprint density at radius 2 is 2.04 bits per heavy atom. The number of rotatable bonds is 3. The molecule has 128 valence electrons. The Hall–Kier alpha value is -1.40. The van der Waals surface area contributed by atoms with Crippen LogP contribution in [0.1, 0.15) is 25.7 Å². The van der Waals surface area contributed by atoms with E-state index in [2.05, 4.69) is 5.32 Å². The second kappa shape index (κ2) is 6.24. The maximum Gasteiger partial charge on any atom is 0.296 e. The fourth-order valence-electron chi connectivity index (χ4n) is 4.21. The number of hydrogen-bond acceptors (Lipinski definition) is 3. The summed E-state index contributed by atoms with van der Waals surface area (Å²) in [5, 5.41) is 3.33. The first-order valence-electron chi connectivity index (χ1n) is 8.36. The number of likely N-dealkylation sites (tertiary alicyclic amines) is 1. The molecule has 1 unspecified atom stereocenters. The quantitative estimate of drug-likeness (QED) is 0.663. The Balaban J connectivity index is 2.04. The number of nitrogen functional groups attached to an aromatic ring is 1. The summed E-state index contributed by atoms with van der Waals surface area (Å²) in [5.74, 6) is -2.04. The van der Waals surface area contributed by atoms with E-state index < -0.39 is 5.92 Å². The fraction of sp³-hybridized carbons (Fsp3) is 0.647. The number of nitrogens with two attached hydrogens (primary N) is 1. The Labute approximate surface area is 136 Å². The predicted octanol–water partition coefficient (Wildman–Crippen LogP) is 2.77. The van der Waals surface area contributed by atoms with Crippen LogP contribution in [-0.2, 0) is 0 Å². The highest BCUT2D eigenvalue weighted by Crippen LogP contribution is 2.42. The minimum absolute atomic E-state index is 0.00984. The van der Waals surface area contributed by atoms with Crippen molar-refractivity contribution >= 4 is 11.4 Å². The molecule has 3 rings (SSSR count). The molecule has 3 N–H and O–H groups in total. The lowest BCUT2D eigenvalue weighted by molar-refractivity contribution is -0.0743. The molecule has 0 spiro atoms. The molecular weight excluding hydrogens is 300 g/mol. The van der Waals surface area contributed by atoms with Gasteiger partial charge < -0.3 is 15.8 Å². The van der Waals surface area contributed by atoms with Crippen molar-refractivity contribution in [2.75, 3.05) is 39.0 Å². The first kappa shape index (κ1) is 16.5. The van der Waals surface area contributed by atoms with E-state index in [0.717, 1.165) is 38.2 Å². The molecule has 1 atom stereocenters. The van der Waals surface area contributed by atoms with E-state index in [4.69, 9.17) is 10.5 Å². The standard InChI is InChI=1S/C17H26F2N3O/c1-23-16-11-14(3-4-15(16)20)22(13-5-8-21-9-6-13)10-2-7-17(18,19)12-22/h3-4,11,13,21H,2,5-10,12,20H2,1H3/q+1. The Morgan fingerprint density at radius 1 is 1.30 bits per heavy atom. The molecule has 2 aliphatic heterocycles. The van der Waals surface area contributed by atoms with Crippen molar-refractivity contribution in [1.82, 2.24) is 9.80 Å². The number of halogens is 2. The summed E-state index contributed by atoms with van der Waals surface area (Å²) in [4.78, 5) is 0. The highest BCUT2D eigenvalue weighted by atomic mass is 19.3. The van der Waals surface area contributed by atoms with Gasteiger partial charge in [0.05, 0.1) is 25.4 Å². The molecule has 2 heterocycles. The van der Waals surface area contributed by atoms with Crippen molar-refractivity contribution in [3.05, 3.63) is 18.2 Å². The molecule has 2 saturated heterocycles. The van der Waals surface area contributed by atoms with Crippen molar-refractivity contribution in [3.63, 3.8) is 0 Å². The van der Waals surface area contributed by atoms with Crippen LogP contribution in [-0.4, -0.2) is 45.3 Å². The van der Waals surface area contributed by atoms with Crippen molar-refractivity contribution in [1.29, 1.82) is 0 Å². The van der Waals surface area contributed by atoms with E-state index in [9.17, 15) is 8.78 Å². The molecular formula is C17H26F2N3O+. The van der Waals surface area contributed by atoms with Crippen LogP contribution >= 0.6 is 0 Å². The summed E-state index contributed by atoms with van der Waals surface area (Å²) < 4.78 is 34.3. The first-order chi connectivity index (χ1) is 11.0. The normalized spacial score (nSPS) is 28.5. The smallest absolute Gasteiger partial charge is 0.296 e. The average Bonchev–Trinajstić information content (AvgIpc) is 2.55. The number of benzene rings is 1. The molecule has 2 fully saturated rings. The van der Waals surface area contributed by atoms with Gasteiger partial charge in [0.15, 0.2) is 0 Å². The third-order valence-electron chi connectivity index (χ3n) is 5.35. The molecule has 0 radical (unpaired) electrons. The fourth-order valence-corrected chi connectivity index (χ4v) is 4.21. The van der Waals surface area contributed by atoms with E-state index in [0.29, 0.717) is 22.3 Å². The van der Waals surface area contributed by atoms with Crippen LogP contribution in [0.5, 0.6) is 5.75 Å². The molecule has 1 aromatic carbocycles. The third-order valence-corrected chi connectivity index (χ3v) is 5.35. The van der Waals surface area contributed by atoms with Gasteiger partial charge >= 0.3 is 0 Å². The van der Waals surface area contributed by atoms with Crippen LogP contribution < -0.4 is 20.3 Å². The molecule has 6 heteroatoms. The van der Waals surface area contributed by atoms with Gasteiger partial charge in [-0.3, -0.25) is 4.48 Å². The second-order valence-corrected chi connectivity index (χ2v) is 6.78. The highest BCUT2D eigenvalue weighted by molar-refractivity contribution is 5.61. The first-order valence-corrected chi connectivity index (χ1v) is 8.36. The number of nitrogens with zero attached hydrogens (tertiary/aromatic N) is 1. The van der Waals surface area contributed by atoms with Gasteiger partial charge in [-0.1, -0.05) is 0 Å². The largest absolute Gasteiger partial charge is 0.494 e. The van der Waals surface area contributed by atoms with Crippen LogP contribution in [0.2, 0.25) is 0 Å². The Bertz CT molecular complexity index is 561. The van der Waals surface area contributed by atoms with Gasteiger partial charge in [-0.15, -0.1) is 0 Å². The monoisotopic (exact) mass is 326 g/mol. The van der Waals surface area contributed by atoms with E-state index in [-0.39, 0.29) is 19.0 Å². The maximum atomic E-state index is 14.3. The molecule has 0 amide bonds. The van der Waals surface area contributed by atoms with E-state index in [1.165, 1.54) is 0 Å². The van der Waals surface area contributed by atoms with Gasteiger partial charge in [-0.25, -0.2) is 8.78 Å². The molecule has 23 heavy (non-hydrogen) atoms. The molecule has 0 aromatic heterocycles. The summed E-state index contributed by atoms with van der Waals surface area (Å²) in [7, 11) is 1.56. The van der Waals surface area contributed by atoms with Gasteiger partial charge in [-0.05, 0) is 6.07 Å². The lowest BCUT2D eigenvalue weighted by atomic mass is 9.93. The molecule has 4 nitrogen and oxygen atoms in total. The summed E-state index contributed by atoms with van der Waals surface area (Å²) in [6.07, 6.45) is 2.37. The van der Waals surface area contributed by atoms with Crippen molar-refractivity contribution < 1.29 is 13.5 Å². The zero-order valence-corrected chi connectivity index (χ0v) is 13.7. The number of methoxy groups -OCH3 is 1. The number of ether oxygens (including phenoxy) is 1. The van der Waals surface area contributed by atoms with Gasteiger partial charge in [0.1, 0.15) is 18.0 Å². The van der Waals surface area contributed by atoms with Gasteiger partial charge in [0.2, 0.25) is 0 Å². The number of quaternary nitrogens is 1. The van der Waals surface area contributed by atoms with E-state index in [1.54, 1.807) is 13.2 Å². The van der Waals surface area contributed by atoms with Crippen LogP contribution in [0, 0.1) is 0 Å². The summed E-state index contributed by atoms with van der Waals surface area (Å²) in [5.41, 5.74) is 7.36. The van der Waals surface area contributed by atoms with Crippen molar-refractivity contribution in [2.24, 2.45) is 0 Å². The number of anilines is 1. The predicted molar refractivity (Wildman–Crippen MR) is 89.0 cm³/mol. The second-order valence-electron chi connectivity index (χ2n) is 6.78. The maximum absolute atomic E-state index is 14.3. The van der Waals surface area contributed by atoms with Crippen molar-refractivity contribution in [3.8, 4) is 5.75 Å². The van der Waals surface area contributed by atoms with Crippen LogP contribution in [0.15, 0.2) is 18.2 Å². The minimum Gasteiger partial charge on any atom is -0.494 e. The summed E-state index contributed by atoms with van der Waals surface area (Å²) in [6, 6.07) is 5.76. The molecule has 0 bridgehead atoms. The van der Waals surface area contributed by atoms with Crippen LogP contribution in [0.4, 0.5) is 20.2 Å². The van der Waals surface area contributed by atoms with Crippen LogP contribution in [0.25, 0.3) is 0 Å². The number of alkyl halides is 2. The van der Waals surface area contributed by atoms with Crippen LogP contribution in [0.3, 0.4) is 0 Å². The van der Waals surface area contributed by atoms with Crippen molar-refractivity contribution in [2.45, 2.75) is 37.6 Å². The minimum atomic E-state index is -2.61. The zero-order chi connectivity index (χ0) is 16.5. The lowest BCUT2D eigenvalue weighted by Crippen LogP contribution is -2.66. The molecule has 0 saturated carbocycles. The highest BCUT2D eigenvalue weighted by Gasteiger charge is 2.51. The molecule has 0 aliphatic carbocycles. The Morgan fingerprint density at radius 3 is 2.70 bits per heavy atom. The number of piperidine rings is 2. The van der Waals surface area contributed by atoms with E-state index in [1.807, 2.05) is 12.1 Å².